The molecule has 2 unspecified atom stereocenters. The van der Waals surface area contributed by atoms with E-state index in [1.165, 1.54) is 53.7 Å². The number of benzene rings is 8. The minimum Gasteiger partial charge on any atom is -0.309 e. The van der Waals surface area contributed by atoms with Gasteiger partial charge in [0.05, 0.1) is 17.1 Å². The van der Waals surface area contributed by atoms with Crippen molar-refractivity contribution in [2.24, 2.45) is 0 Å². The fraction of sp³-hybridized carbons (Fsp3) is 0.0526. The molecule has 62 heavy (non-hydrogen) atoms. The summed E-state index contributed by atoms with van der Waals surface area (Å²) in [6, 6.07) is 77.0. The van der Waals surface area contributed by atoms with Crippen LogP contribution in [-0.2, 0) is 0 Å². The van der Waals surface area contributed by atoms with E-state index >= 15 is 0 Å². The lowest BCUT2D eigenvalue weighted by molar-refractivity contribution is 0.688. The van der Waals surface area contributed by atoms with E-state index in [0.717, 1.165) is 22.5 Å². The summed E-state index contributed by atoms with van der Waals surface area (Å²) < 4.78 is 2.38. The highest BCUT2D eigenvalue weighted by molar-refractivity contribution is 7.19. The minimum atomic E-state index is -2.70. The average Bonchev–Trinajstić information content (AvgIpc) is 3.84. The Labute approximate surface area is 363 Å². The Morgan fingerprint density at radius 2 is 1.05 bits per heavy atom. The lowest BCUT2D eigenvalue weighted by Gasteiger charge is -2.34. The van der Waals surface area contributed by atoms with Gasteiger partial charge in [-0.3, -0.25) is 0 Å². The molecular weight excluding hydrogens is 769 g/mol. The van der Waals surface area contributed by atoms with Crippen molar-refractivity contribution in [3.8, 4) is 16.8 Å². The van der Waals surface area contributed by atoms with Gasteiger partial charge in [0, 0.05) is 46.0 Å². The maximum atomic E-state index is 5.16. The topological polar surface area (TPSA) is 34.0 Å². The first-order chi connectivity index (χ1) is 30.7. The second kappa shape index (κ2) is 15.8. The Morgan fingerprint density at radius 3 is 1.73 bits per heavy atom. The highest BCUT2D eigenvalue weighted by Gasteiger charge is 2.41. The summed E-state index contributed by atoms with van der Waals surface area (Å²) in [6.07, 6.45) is 8.68. The molecule has 3 heterocycles. The smallest absolute Gasteiger partial charge is 0.230 e. The van der Waals surface area contributed by atoms with Crippen LogP contribution >= 0.6 is 0 Å². The summed E-state index contributed by atoms with van der Waals surface area (Å²) >= 11 is 0. The third kappa shape index (κ3) is 6.20. The molecule has 2 aromatic heterocycles. The largest absolute Gasteiger partial charge is 0.309 e. The number of fused-ring (bicyclic) bond motifs is 4. The van der Waals surface area contributed by atoms with Crippen LogP contribution in [0.25, 0.3) is 44.7 Å². The van der Waals surface area contributed by atoms with Crippen LogP contribution in [0.5, 0.6) is 0 Å². The Hall–Kier alpha value is -7.60. The molecule has 11 rings (SSSR count). The average molecular weight is 813 g/mol. The molecule has 0 radical (unpaired) electrons. The van der Waals surface area contributed by atoms with E-state index in [-0.39, 0.29) is 12.0 Å². The standard InChI is InChI=1S/C57H44N4Si/c1-41-50-31-14-16-33-53(50)61(52(41)37-36-42-20-19-35-55-56(42)51-32-15-17-34-54(51)60(55)45-22-6-2-7-23-45)57-58-39-44(40-59-57)43-21-18-30-49(38-43)62(46-24-8-3-9-25-46,47-26-10-4-11-27-47)48-28-12-5-13-29-48/h2-41,52H,1H3. The molecule has 0 bridgehead atoms. The fourth-order valence-corrected chi connectivity index (χ4v) is 14.8. The number of rotatable bonds is 9. The summed E-state index contributed by atoms with van der Waals surface area (Å²) in [4.78, 5) is 12.6. The van der Waals surface area contributed by atoms with Crippen molar-refractivity contribution in [1.82, 2.24) is 14.5 Å². The zero-order chi connectivity index (χ0) is 41.5. The first kappa shape index (κ1) is 37.4. The van der Waals surface area contributed by atoms with Crippen LogP contribution in [-0.4, -0.2) is 28.7 Å². The lowest BCUT2D eigenvalue weighted by Crippen LogP contribution is -2.74. The van der Waals surface area contributed by atoms with Crippen molar-refractivity contribution < 1.29 is 0 Å². The molecule has 5 heteroatoms. The van der Waals surface area contributed by atoms with Gasteiger partial charge in [-0.15, -0.1) is 0 Å². The predicted octanol–water partition coefficient (Wildman–Crippen LogP) is 11.0. The Bertz CT molecular complexity index is 3100. The van der Waals surface area contributed by atoms with Gasteiger partial charge in [0.2, 0.25) is 5.95 Å². The van der Waals surface area contributed by atoms with Gasteiger partial charge in [-0.1, -0.05) is 201 Å². The van der Waals surface area contributed by atoms with Crippen molar-refractivity contribution in [3.63, 3.8) is 0 Å². The van der Waals surface area contributed by atoms with Gasteiger partial charge in [0.15, 0.2) is 8.07 Å². The molecular formula is C57H44N4Si. The fourth-order valence-electron chi connectivity index (χ4n) is 9.99. The Kier molecular flexibility index (Phi) is 9.52. The normalized spacial score (nSPS) is 15.1. The molecule has 4 nitrogen and oxygen atoms in total. The Morgan fingerprint density at radius 1 is 0.500 bits per heavy atom. The van der Waals surface area contributed by atoms with E-state index in [4.69, 9.17) is 9.97 Å². The van der Waals surface area contributed by atoms with E-state index in [0.29, 0.717) is 5.95 Å². The van der Waals surface area contributed by atoms with Crippen molar-refractivity contribution in [2.45, 2.75) is 18.9 Å². The van der Waals surface area contributed by atoms with Crippen LogP contribution in [0.15, 0.2) is 231 Å². The van der Waals surface area contributed by atoms with Crippen molar-refractivity contribution in [3.05, 3.63) is 242 Å². The minimum absolute atomic E-state index is 0.00791. The molecule has 10 aromatic rings. The van der Waals surface area contributed by atoms with Crippen LogP contribution in [0.3, 0.4) is 0 Å². The predicted molar refractivity (Wildman–Crippen MR) is 262 cm³/mol. The van der Waals surface area contributed by atoms with Crippen molar-refractivity contribution in [1.29, 1.82) is 0 Å². The van der Waals surface area contributed by atoms with Gasteiger partial charge in [-0.25, -0.2) is 9.97 Å². The number of aromatic nitrogens is 3. The zero-order valence-corrected chi connectivity index (χ0v) is 35.5. The van der Waals surface area contributed by atoms with E-state index in [9.17, 15) is 0 Å². The highest BCUT2D eigenvalue weighted by atomic mass is 28.3. The van der Waals surface area contributed by atoms with E-state index in [1.807, 2.05) is 12.4 Å². The molecule has 0 N–H and O–H groups in total. The molecule has 0 saturated carbocycles. The summed E-state index contributed by atoms with van der Waals surface area (Å²) in [5.74, 6) is 0.913. The van der Waals surface area contributed by atoms with Crippen molar-refractivity contribution >= 4 is 68.3 Å². The molecule has 1 aliphatic heterocycles. The number of nitrogens with zero attached hydrogens (tertiary/aromatic N) is 4. The zero-order valence-electron chi connectivity index (χ0n) is 34.5. The highest BCUT2D eigenvalue weighted by Crippen LogP contribution is 2.45. The summed E-state index contributed by atoms with van der Waals surface area (Å²) in [6.45, 7) is 2.32. The van der Waals surface area contributed by atoms with Crippen LogP contribution in [0, 0.1) is 0 Å². The number of hydrogen-bond acceptors (Lipinski definition) is 3. The van der Waals surface area contributed by atoms with Gasteiger partial charge in [-0.2, -0.15) is 0 Å². The number of para-hydroxylation sites is 3. The summed E-state index contributed by atoms with van der Waals surface area (Å²) in [5, 5.41) is 7.85. The number of anilines is 2. The van der Waals surface area contributed by atoms with E-state index in [2.05, 4.69) is 241 Å². The molecule has 0 aliphatic carbocycles. The van der Waals surface area contributed by atoms with Gasteiger partial charge < -0.3 is 9.47 Å². The monoisotopic (exact) mass is 812 g/mol. The van der Waals surface area contributed by atoms with Crippen LogP contribution < -0.4 is 25.6 Å². The quantitative estimate of drug-likeness (QED) is 0.108. The van der Waals surface area contributed by atoms with Gasteiger partial charge in [0.1, 0.15) is 0 Å². The first-order valence-electron chi connectivity index (χ1n) is 21.4. The molecule has 0 spiro atoms. The van der Waals surface area contributed by atoms with E-state index in [1.54, 1.807) is 0 Å². The Balaban J connectivity index is 0.985. The lowest BCUT2D eigenvalue weighted by atomic mass is 9.96. The van der Waals surface area contributed by atoms with Crippen molar-refractivity contribution in [2.75, 3.05) is 4.90 Å². The molecule has 0 amide bonds. The van der Waals surface area contributed by atoms with Crippen LogP contribution in [0.1, 0.15) is 24.0 Å². The second-order valence-corrected chi connectivity index (χ2v) is 20.0. The van der Waals surface area contributed by atoms with Crippen LogP contribution in [0.4, 0.5) is 11.6 Å². The molecule has 8 aromatic carbocycles. The summed E-state index contributed by atoms with van der Waals surface area (Å²) in [5.41, 5.74) is 9.27. The molecule has 296 valence electrons. The molecule has 1 aliphatic rings. The molecule has 0 fully saturated rings. The number of hydrogen-bond donors (Lipinski definition) is 0. The van der Waals surface area contributed by atoms with Gasteiger partial charge >= 0.3 is 0 Å². The maximum Gasteiger partial charge on any atom is 0.230 e. The first-order valence-corrected chi connectivity index (χ1v) is 23.4. The third-order valence-electron chi connectivity index (χ3n) is 12.8. The SMILES string of the molecule is CC1c2ccccc2N(c2ncc(-c3cccc([Si](c4ccccc4)(c4ccccc4)c4ccccc4)c3)cn2)C1C=Cc1cccc2c1c1ccccc1n2-c1ccccc1. The van der Waals surface area contributed by atoms with Gasteiger partial charge in [0.25, 0.3) is 0 Å². The van der Waals surface area contributed by atoms with E-state index < -0.39 is 8.07 Å². The third-order valence-corrected chi connectivity index (χ3v) is 17.6. The van der Waals surface area contributed by atoms with Gasteiger partial charge in [-0.05, 0) is 67.8 Å². The van der Waals surface area contributed by atoms with Crippen LogP contribution in [0.2, 0.25) is 0 Å². The maximum absolute atomic E-state index is 5.16. The second-order valence-electron chi connectivity index (χ2n) is 16.2. The molecule has 2 atom stereocenters. The summed E-state index contributed by atoms with van der Waals surface area (Å²) in [7, 11) is -2.70. The molecule has 0 saturated heterocycles.